The molecule has 2 aromatic carbocycles. The van der Waals surface area contributed by atoms with E-state index in [9.17, 15) is 4.79 Å². The number of nitrogens with one attached hydrogen (secondary N) is 1. The third-order valence-electron chi connectivity index (χ3n) is 10.1. The van der Waals surface area contributed by atoms with Gasteiger partial charge in [0, 0.05) is 41.5 Å². The lowest BCUT2D eigenvalue weighted by atomic mass is 9.68. The molecule has 6 rings (SSSR count). The van der Waals surface area contributed by atoms with Gasteiger partial charge in [-0.2, -0.15) is 0 Å². The van der Waals surface area contributed by atoms with Crippen LogP contribution in [0, 0.1) is 17.8 Å². The third-order valence-corrected chi connectivity index (χ3v) is 11.7. The van der Waals surface area contributed by atoms with Crippen molar-refractivity contribution < 1.29 is 14.3 Å². The minimum Gasteiger partial charge on any atom is -0.490 e. The summed E-state index contributed by atoms with van der Waals surface area (Å²) in [6.07, 6.45) is 12.3. The monoisotopic (exact) mass is 594 g/mol. The van der Waals surface area contributed by atoms with Gasteiger partial charge in [0.05, 0.1) is 18.4 Å². The fraction of sp³-hybridized carbons (Fsp3) is 0.559. The third kappa shape index (κ3) is 5.77. The van der Waals surface area contributed by atoms with E-state index in [1.54, 1.807) is 11.9 Å². The quantitative estimate of drug-likeness (QED) is 0.286. The molecule has 7 heteroatoms. The second-order valence-corrected chi connectivity index (χ2v) is 14.1. The summed E-state index contributed by atoms with van der Waals surface area (Å²) in [5.41, 5.74) is 4.30. The van der Waals surface area contributed by atoms with Gasteiger partial charge < -0.3 is 14.4 Å². The van der Waals surface area contributed by atoms with Gasteiger partial charge in [0.1, 0.15) is 5.75 Å². The summed E-state index contributed by atoms with van der Waals surface area (Å²) in [6, 6.07) is 12.4. The maximum absolute atomic E-state index is 13.4. The summed E-state index contributed by atoms with van der Waals surface area (Å²) >= 11 is 8.00. The van der Waals surface area contributed by atoms with Gasteiger partial charge in [0.25, 0.3) is 5.91 Å². The van der Waals surface area contributed by atoms with Crippen molar-refractivity contribution in [1.82, 2.24) is 4.72 Å². The zero-order valence-electron chi connectivity index (χ0n) is 24.5. The fourth-order valence-electron chi connectivity index (χ4n) is 7.56. The second-order valence-electron chi connectivity index (χ2n) is 12.6. The van der Waals surface area contributed by atoms with Crippen LogP contribution in [0.4, 0.5) is 5.69 Å². The summed E-state index contributed by atoms with van der Waals surface area (Å²) in [7, 11) is 1.85. The van der Waals surface area contributed by atoms with Gasteiger partial charge in [0.15, 0.2) is 0 Å². The largest absolute Gasteiger partial charge is 0.490 e. The zero-order chi connectivity index (χ0) is 28.6. The highest BCUT2D eigenvalue weighted by Crippen LogP contribution is 2.47. The molecule has 41 heavy (non-hydrogen) atoms. The van der Waals surface area contributed by atoms with Crippen molar-refractivity contribution in [2.24, 2.45) is 17.8 Å². The highest BCUT2D eigenvalue weighted by atomic mass is 35.5. The first-order valence-corrected chi connectivity index (χ1v) is 16.6. The molecular formula is C34H43ClN2O3S. The number of amides is 1. The Kier molecular flexibility index (Phi) is 8.63. The van der Waals surface area contributed by atoms with Crippen LogP contribution >= 0.6 is 23.5 Å². The summed E-state index contributed by atoms with van der Waals surface area (Å²) in [5, 5.41) is 1.14. The number of methoxy groups -OCH3 is 1. The normalized spacial score (nSPS) is 32.5. The molecule has 2 heterocycles. The average Bonchev–Trinajstić information content (AvgIpc) is 3.11. The van der Waals surface area contributed by atoms with Crippen molar-refractivity contribution in [3.05, 3.63) is 70.3 Å². The van der Waals surface area contributed by atoms with E-state index in [1.165, 1.54) is 24.0 Å². The molecule has 5 unspecified atom stereocenters. The number of halogens is 1. The molecule has 1 amide bonds. The lowest BCUT2D eigenvalue weighted by Crippen LogP contribution is -2.49. The summed E-state index contributed by atoms with van der Waals surface area (Å²) in [4.78, 5) is 15.9. The van der Waals surface area contributed by atoms with Crippen molar-refractivity contribution in [3.63, 3.8) is 0 Å². The maximum Gasteiger partial charge on any atom is 0.261 e. The summed E-state index contributed by atoms with van der Waals surface area (Å²) in [6.45, 7) is 6.89. The molecule has 2 aliphatic heterocycles. The standard InChI is InChI=1S/C34H43ClN2O3S/c1-4-32-22(2)7-5-9-30(39-3)27-13-10-25(27)19-37-20-34(16-6-8-23-17-26(35)12-14-28(23)34)21-40-31-15-11-24(18-29(31)37)33(38)36-41-32/h5,9,11-12,14-15,17-18,22,25,27,30,32H,4,6-8,10,13,16,19-21H2,1-3H3,(H,36,38)/b9-5+/t22?,25?,27-,30?,32?,34?/m1/s1. The van der Waals surface area contributed by atoms with Gasteiger partial charge in [-0.25, -0.2) is 0 Å². The predicted molar refractivity (Wildman–Crippen MR) is 169 cm³/mol. The number of fused-ring (bicyclic) bond motifs is 4. The van der Waals surface area contributed by atoms with E-state index >= 15 is 0 Å². The van der Waals surface area contributed by atoms with Crippen LogP contribution in [0.5, 0.6) is 5.75 Å². The lowest BCUT2D eigenvalue weighted by molar-refractivity contribution is 0.0131. The van der Waals surface area contributed by atoms with E-state index in [0.717, 1.165) is 61.7 Å². The Morgan fingerprint density at radius 1 is 1.22 bits per heavy atom. The molecule has 5 nitrogen and oxygen atoms in total. The Bertz CT molecular complexity index is 1300. The van der Waals surface area contributed by atoms with E-state index in [-0.39, 0.29) is 17.4 Å². The smallest absolute Gasteiger partial charge is 0.261 e. The number of anilines is 1. The van der Waals surface area contributed by atoms with Crippen molar-refractivity contribution in [3.8, 4) is 5.75 Å². The van der Waals surface area contributed by atoms with E-state index in [0.29, 0.717) is 35.2 Å². The Hall–Kier alpha value is -2.15. The summed E-state index contributed by atoms with van der Waals surface area (Å²) < 4.78 is 15.9. The van der Waals surface area contributed by atoms with Gasteiger partial charge in [-0.1, -0.05) is 43.7 Å². The van der Waals surface area contributed by atoms with E-state index in [2.05, 4.69) is 53.8 Å². The molecular weight excluding hydrogens is 552 g/mol. The van der Waals surface area contributed by atoms with Crippen LogP contribution in [0.2, 0.25) is 5.02 Å². The molecule has 2 aliphatic carbocycles. The van der Waals surface area contributed by atoms with Crippen LogP contribution in [0.1, 0.15) is 73.9 Å². The number of benzene rings is 2. The second kappa shape index (κ2) is 12.2. The molecule has 1 spiro atoms. The SMILES string of the molecule is CCC1SNC(=O)c2ccc3c(c2)N(CC2CC[C@H]2C(OC)/C=C/CC1C)CC1(CCCc2cc(Cl)ccc21)CO3. The fourth-order valence-corrected chi connectivity index (χ4v) is 8.64. The van der Waals surface area contributed by atoms with Gasteiger partial charge in [-0.05, 0) is 116 Å². The van der Waals surface area contributed by atoms with E-state index < -0.39 is 0 Å². The topological polar surface area (TPSA) is 50.8 Å². The molecule has 1 N–H and O–H groups in total. The first-order chi connectivity index (χ1) is 19.9. The zero-order valence-corrected chi connectivity index (χ0v) is 26.1. The first kappa shape index (κ1) is 28.9. The summed E-state index contributed by atoms with van der Waals surface area (Å²) in [5.74, 6) is 2.28. The van der Waals surface area contributed by atoms with Crippen LogP contribution in [-0.4, -0.2) is 44.1 Å². The Labute approximate surface area is 254 Å². The van der Waals surface area contributed by atoms with Crippen LogP contribution in [-0.2, 0) is 16.6 Å². The van der Waals surface area contributed by atoms with Crippen molar-refractivity contribution >= 4 is 35.1 Å². The Balaban J connectivity index is 1.39. The van der Waals surface area contributed by atoms with Gasteiger partial charge >= 0.3 is 0 Å². The highest BCUT2D eigenvalue weighted by molar-refractivity contribution is 7.98. The Morgan fingerprint density at radius 2 is 2.10 bits per heavy atom. The van der Waals surface area contributed by atoms with E-state index in [4.69, 9.17) is 21.1 Å². The van der Waals surface area contributed by atoms with Gasteiger partial charge in [0.2, 0.25) is 0 Å². The number of carbonyl (C=O) groups excluding carboxylic acids is 1. The number of hydrogen-bond donors (Lipinski definition) is 1. The molecule has 0 saturated heterocycles. The van der Waals surface area contributed by atoms with Crippen LogP contribution < -0.4 is 14.4 Å². The number of carbonyl (C=O) groups is 1. The number of rotatable bonds is 2. The highest BCUT2D eigenvalue weighted by Gasteiger charge is 2.44. The lowest BCUT2D eigenvalue weighted by Gasteiger charge is -2.46. The molecule has 4 aliphatic rings. The molecule has 2 aromatic rings. The van der Waals surface area contributed by atoms with Crippen molar-refractivity contribution in [2.75, 3.05) is 31.7 Å². The number of aryl methyl sites for hydroxylation is 1. The van der Waals surface area contributed by atoms with Gasteiger partial charge in [-0.3, -0.25) is 9.52 Å². The number of nitrogens with zero attached hydrogens (tertiary/aromatic N) is 1. The number of hydrogen-bond acceptors (Lipinski definition) is 5. The van der Waals surface area contributed by atoms with E-state index in [1.807, 2.05) is 25.3 Å². The van der Waals surface area contributed by atoms with Gasteiger partial charge in [-0.15, -0.1) is 0 Å². The molecule has 6 atom stereocenters. The predicted octanol–water partition coefficient (Wildman–Crippen LogP) is 7.61. The van der Waals surface area contributed by atoms with Crippen LogP contribution in [0.15, 0.2) is 48.6 Å². The molecule has 2 bridgehead atoms. The van der Waals surface area contributed by atoms with Crippen LogP contribution in [0.25, 0.3) is 0 Å². The molecule has 1 saturated carbocycles. The van der Waals surface area contributed by atoms with Crippen molar-refractivity contribution in [2.45, 2.75) is 75.6 Å². The Morgan fingerprint density at radius 3 is 2.88 bits per heavy atom. The molecule has 0 radical (unpaired) electrons. The minimum absolute atomic E-state index is 0.0383. The van der Waals surface area contributed by atoms with Crippen molar-refractivity contribution in [1.29, 1.82) is 0 Å². The number of allylic oxidation sites excluding steroid dienone is 1. The minimum atomic E-state index is -0.124. The molecule has 1 fully saturated rings. The number of ether oxygens (including phenoxy) is 2. The molecule has 0 aromatic heterocycles. The maximum atomic E-state index is 13.4. The molecule has 220 valence electrons. The van der Waals surface area contributed by atoms with Crippen LogP contribution in [0.3, 0.4) is 0 Å². The average molecular weight is 595 g/mol. The first-order valence-electron chi connectivity index (χ1n) is 15.4.